The van der Waals surface area contributed by atoms with Crippen LogP contribution in [0, 0.1) is 12.7 Å². The predicted octanol–water partition coefficient (Wildman–Crippen LogP) is 3.89. The van der Waals surface area contributed by atoms with Crippen LogP contribution in [0.25, 0.3) is 16.7 Å². The fraction of sp³-hybridized carbons (Fsp3) is 0.0556. The van der Waals surface area contributed by atoms with Crippen molar-refractivity contribution < 1.29 is 4.39 Å². The maximum Gasteiger partial charge on any atom is 0.323 e. The van der Waals surface area contributed by atoms with E-state index in [9.17, 15) is 9.18 Å². The number of aryl methyl sites for hydroxylation is 1. The van der Waals surface area contributed by atoms with Gasteiger partial charge in [0.05, 0.1) is 33.7 Å². The minimum atomic E-state index is -0.325. The molecule has 2 heterocycles. The Balaban J connectivity index is 1.69. The normalized spacial score (nSPS) is 11.7. The number of hydrogen-bond donors (Lipinski definition) is 2. The molecular weight excluding hydrogens is 357 g/mol. The lowest BCUT2D eigenvalue weighted by molar-refractivity contribution is 0.627. The average Bonchev–Trinajstić information content (AvgIpc) is 3.12. The highest BCUT2D eigenvalue weighted by molar-refractivity contribution is 6.32. The van der Waals surface area contributed by atoms with Crippen LogP contribution in [0.2, 0.25) is 5.15 Å². The molecule has 4 rings (SSSR count). The molecule has 0 aliphatic heterocycles. The largest absolute Gasteiger partial charge is 0.323 e. The maximum atomic E-state index is 13.1. The highest BCUT2D eigenvalue weighted by Gasteiger charge is 2.13. The van der Waals surface area contributed by atoms with Crippen molar-refractivity contribution >= 4 is 34.5 Å². The smallest absolute Gasteiger partial charge is 0.306 e. The van der Waals surface area contributed by atoms with Crippen LogP contribution in [0.1, 0.15) is 11.3 Å². The summed E-state index contributed by atoms with van der Waals surface area (Å²) in [6, 6.07) is 11.2. The second-order valence-electron chi connectivity index (χ2n) is 5.75. The number of halogens is 2. The first-order valence-corrected chi connectivity index (χ1v) is 8.16. The summed E-state index contributed by atoms with van der Waals surface area (Å²) >= 11 is 6.43. The Hall–Kier alpha value is -3.19. The van der Waals surface area contributed by atoms with E-state index in [2.05, 4.69) is 20.1 Å². The molecule has 8 heteroatoms. The number of aromatic amines is 2. The SMILES string of the molecule is Cc1nn(-c2ccc(F)cc2)c(Cl)c1C=Nc1ccc2[nH]c(=O)[nH]c2c1. The van der Waals surface area contributed by atoms with Gasteiger partial charge in [0.2, 0.25) is 0 Å². The van der Waals surface area contributed by atoms with Crippen LogP contribution in [0.4, 0.5) is 10.1 Å². The standard InChI is InChI=1S/C18H13ClFN5O/c1-10-14(17(19)25(24-10)13-5-2-11(20)3-6-13)9-21-12-4-7-15-16(8-12)23-18(26)22-15/h2-9H,1H3,(H2,22,23,26). The Morgan fingerprint density at radius 3 is 2.65 bits per heavy atom. The number of aliphatic imine (C=N–C) groups is 1. The lowest BCUT2D eigenvalue weighted by Crippen LogP contribution is -1.99. The number of H-pyrrole nitrogens is 2. The van der Waals surface area contributed by atoms with E-state index in [1.54, 1.807) is 36.5 Å². The van der Waals surface area contributed by atoms with E-state index < -0.39 is 0 Å². The van der Waals surface area contributed by atoms with E-state index in [0.29, 0.717) is 38.8 Å². The monoisotopic (exact) mass is 369 g/mol. The quantitative estimate of drug-likeness (QED) is 0.537. The van der Waals surface area contributed by atoms with Crippen LogP contribution in [0.15, 0.2) is 52.3 Å². The van der Waals surface area contributed by atoms with Crippen molar-refractivity contribution in [1.29, 1.82) is 0 Å². The van der Waals surface area contributed by atoms with Gasteiger partial charge in [0.25, 0.3) is 0 Å². The zero-order valence-electron chi connectivity index (χ0n) is 13.6. The molecule has 0 saturated heterocycles. The fourth-order valence-electron chi connectivity index (χ4n) is 2.65. The second kappa shape index (κ2) is 6.27. The Morgan fingerprint density at radius 2 is 1.88 bits per heavy atom. The molecule has 0 aliphatic carbocycles. The number of rotatable bonds is 3. The van der Waals surface area contributed by atoms with Crippen LogP contribution < -0.4 is 5.69 Å². The van der Waals surface area contributed by atoms with Crippen LogP contribution in [0.3, 0.4) is 0 Å². The summed E-state index contributed by atoms with van der Waals surface area (Å²) in [5, 5.41) is 4.78. The first-order valence-electron chi connectivity index (χ1n) is 7.78. The topological polar surface area (TPSA) is 78.8 Å². The molecule has 2 aromatic heterocycles. The summed E-state index contributed by atoms with van der Waals surface area (Å²) in [5.41, 5.74) is 3.81. The molecule has 4 aromatic rings. The highest BCUT2D eigenvalue weighted by atomic mass is 35.5. The third-order valence-corrected chi connectivity index (χ3v) is 4.33. The number of benzene rings is 2. The zero-order valence-corrected chi connectivity index (χ0v) is 14.4. The number of fused-ring (bicyclic) bond motifs is 1. The van der Waals surface area contributed by atoms with E-state index in [-0.39, 0.29) is 11.5 Å². The van der Waals surface area contributed by atoms with E-state index in [4.69, 9.17) is 11.6 Å². The number of hydrogen-bond acceptors (Lipinski definition) is 3. The molecule has 130 valence electrons. The molecule has 0 unspecified atom stereocenters. The van der Waals surface area contributed by atoms with Gasteiger partial charge in [-0.1, -0.05) is 11.6 Å². The third-order valence-electron chi connectivity index (χ3n) is 3.96. The van der Waals surface area contributed by atoms with Crippen molar-refractivity contribution in [2.24, 2.45) is 4.99 Å². The molecule has 26 heavy (non-hydrogen) atoms. The van der Waals surface area contributed by atoms with Crippen LogP contribution in [-0.2, 0) is 0 Å². The van der Waals surface area contributed by atoms with Gasteiger partial charge < -0.3 is 9.97 Å². The molecule has 2 N–H and O–H groups in total. The number of aromatic nitrogens is 4. The van der Waals surface area contributed by atoms with Crippen molar-refractivity contribution in [1.82, 2.24) is 19.7 Å². The van der Waals surface area contributed by atoms with Crippen molar-refractivity contribution in [3.8, 4) is 5.69 Å². The maximum absolute atomic E-state index is 13.1. The first kappa shape index (κ1) is 16.3. The molecule has 0 spiro atoms. The van der Waals surface area contributed by atoms with E-state index in [1.807, 2.05) is 6.92 Å². The summed E-state index contributed by atoms with van der Waals surface area (Å²) in [5.74, 6) is -0.325. The minimum absolute atomic E-state index is 0.263. The van der Waals surface area contributed by atoms with Gasteiger partial charge in [0.1, 0.15) is 11.0 Å². The first-order chi connectivity index (χ1) is 12.5. The molecule has 0 saturated carbocycles. The van der Waals surface area contributed by atoms with Gasteiger partial charge in [-0.2, -0.15) is 5.10 Å². The molecule has 0 radical (unpaired) electrons. The predicted molar refractivity (Wildman–Crippen MR) is 99.4 cm³/mol. The van der Waals surface area contributed by atoms with Crippen LogP contribution >= 0.6 is 11.6 Å². The van der Waals surface area contributed by atoms with Gasteiger partial charge >= 0.3 is 5.69 Å². The van der Waals surface area contributed by atoms with E-state index in [1.165, 1.54) is 16.8 Å². The molecule has 2 aromatic carbocycles. The Labute approximate surface area is 152 Å². The van der Waals surface area contributed by atoms with Gasteiger partial charge in [0.15, 0.2) is 0 Å². The minimum Gasteiger partial charge on any atom is -0.306 e. The molecule has 0 amide bonds. The number of imidazole rings is 1. The third kappa shape index (κ3) is 2.93. The van der Waals surface area contributed by atoms with Crippen molar-refractivity contribution in [3.63, 3.8) is 0 Å². The lowest BCUT2D eigenvalue weighted by atomic mass is 10.2. The molecule has 0 fully saturated rings. The number of nitrogens with zero attached hydrogens (tertiary/aromatic N) is 3. The number of nitrogens with one attached hydrogen (secondary N) is 2. The summed E-state index contributed by atoms with van der Waals surface area (Å²) in [6.07, 6.45) is 1.62. The van der Waals surface area contributed by atoms with Crippen molar-refractivity contribution in [3.05, 3.63) is 75.2 Å². The molecule has 0 aliphatic rings. The van der Waals surface area contributed by atoms with Gasteiger partial charge in [-0.15, -0.1) is 0 Å². The van der Waals surface area contributed by atoms with Crippen molar-refractivity contribution in [2.45, 2.75) is 6.92 Å². The molecule has 6 nitrogen and oxygen atoms in total. The van der Waals surface area contributed by atoms with Gasteiger partial charge in [-0.3, -0.25) is 4.99 Å². The van der Waals surface area contributed by atoms with Crippen molar-refractivity contribution in [2.75, 3.05) is 0 Å². The zero-order chi connectivity index (χ0) is 18.3. The summed E-state index contributed by atoms with van der Waals surface area (Å²) in [7, 11) is 0. The van der Waals surface area contributed by atoms with Crippen LogP contribution in [0.5, 0.6) is 0 Å². The van der Waals surface area contributed by atoms with E-state index in [0.717, 1.165) is 0 Å². The molecule has 0 bridgehead atoms. The van der Waals surface area contributed by atoms with Gasteiger partial charge in [0, 0.05) is 6.21 Å². The second-order valence-corrected chi connectivity index (χ2v) is 6.10. The molecule has 0 atom stereocenters. The highest BCUT2D eigenvalue weighted by Crippen LogP contribution is 2.24. The molecular formula is C18H13ClFN5O. The Bertz CT molecular complexity index is 1190. The Kier molecular flexibility index (Phi) is 3.93. The van der Waals surface area contributed by atoms with Gasteiger partial charge in [-0.05, 0) is 49.4 Å². The summed E-state index contributed by atoms with van der Waals surface area (Å²) < 4.78 is 14.6. The lowest BCUT2D eigenvalue weighted by Gasteiger charge is -2.02. The fourth-order valence-corrected chi connectivity index (χ4v) is 2.97. The van der Waals surface area contributed by atoms with Crippen LogP contribution in [-0.4, -0.2) is 26.0 Å². The summed E-state index contributed by atoms with van der Waals surface area (Å²) in [6.45, 7) is 1.82. The average molecular weight is 370 g/mol. The Morgan fingerprint density at radius 1 is 1.15 bits per heavy atom. The summed E-state index contributed by atoms with van der Waals surface area (Å²) in [4.78, 5) is 21.1. The van der Waals surface area contributed by atoms with E-state index >= 15 is 0 Å². The van der Waals surface area contributed by atoms with Gasteiger partial charge in [-0.25, -0.2) is 13.9 Å².